The number of hydrogen-bond donors (Lipinski definition) is 0. The van der Waals surface area contributed by atoms with Gasteiger partial charge in [0.2, 0.25) is 17.7 Å². The van der Waals surface area contributed by atoms with E-state index in [0.29, 0.717) is 43.9 Å². The number of piperazine rings is 1. The highest BCUT2D eigenvalue weighted by molar-refractivity contribution is 5.90. The van der Waals surface area contributed by atoms with Gasteiger partial charge in [0, 0.05) is 179 Å². The summed E-state index contributed by atoms with van der Waals surface area (Å²) in [6.45, 7) is 94.1. The summed E-state index contributed by atoms with van der Waals surface area (Å²) in [5.41, 5.74) is 9.41. The lowest BCUT2D eigenvalue weighted by Crippen LogP contribution is -2.66. The number of benzene rings is 4. The first-order valence-corrected chi connectivity index (χ1v) is 53.6. The van der Waals surface area contributed by atoms with Crippen LogP contribution in [0, 0.1) is 52.8 Å². The summed E-state index contributed by atoms with van der Waals surface area (Å²) in [6, 6.07) is 27.3. The fourth-order valence-corrected chi connectivity index (χ4v) is 12.9. The lowest BCUT2D eigenvalue weighted by Gasteiger charge is -2.53. The van der Waals surface area contributed by atoms with Gasteiger partial charge in [-0.15, -0.1) is 0 Å². The van der Waals surface area contributed by atoms with Crippen molar-refractivity contribution in [3.63, 3.8) is 0 Å². The van der Waals surface area contributed by atoms with Gasteiger partial charge in [0.15, 0.2) is 0 Å². The Labute approximate surface area is 885 Å². The van der Waals surface area contributed by atoms with Crippen molar-refractivity contribution >= 4 is 82.3 Å². The Bertz CT molecular complexity index is 4180. The van der Waals surface area contributed by atoms with Gasteiger partial charge in [-0.1, -0.05) is 249 Å². The summed E-state index contributed by atoms with van der Waals surface area (Å²) < 4.78 is 37.7. The van der Waals surface area contributed by atoms with E-state index in [-0.39, 0.29) is 163 Å². The molecule has 0 aliphatic carbocycles. The average molecular weight is 2050 g/mol. The molecule has 4 aromatic carbocycles. The summed E-state index contributed by atoms with van der Waals surface area (Å²) in [4.78, 5) is 141. The number of hydrogen-bond acceptors (Lipinski definition) is 24. The Morgan fingerprint density at radius 3 is 0.917 bits per heavy atom. The number of carbonyl (C=O) groups is 10. The zero-order chi connectivity index (χ0) is 115. The molecule has 0 bridgehead atoms. The van der Waals surface area contributed by atoms with E-state index in [1.54, 1.807) is 53.5 Å². The lowest BCUT2D eigenvalue weighted by atomic mass is 9.79. The lowest BCUT2D eigenvalue weighted by molar-refractivity contribution is -0.150. The van der Waals surface area contributed by atoms with E-state index >= 15 is 0 Å². The number of likely N-dealkylation sites (N-methyl/N-ethyl adjacent to an activating group) is 5. The first-order chi connectivity index (χ1) is 67.1. The Balaban J connectivity index is -0.000000397. The monoisotopic (exact) mass is 2040 g/mol. The molecule has 1 aliphatic rings. The fraction of sp³-hybridized carbons (Fsp3) is 0.712. The molecule has 0 aromatic heterocycles. The van der Waals surface area contributed by atoms with Crippen molar-refractivity contribution in [2.75, 3.05) is 116 Å². The number of nitrogens with zero attached hydrogens (tertiary/aromatic N) is 10. The van der Waals surface area contributed by atoms with Crippen LogP contribution in [0.15, 0.2) is 78.9 Å². The van der Waals surface area contributed by atoms with Gasteiger partial charge in [-0.25, -0.2) is 0 Å². The second kappa shape index (κ2) is 75.4. The SMILES string of the molecule is CC.CC.CC.CC.CC.CC(C)C(=O)N(C)C(C)(C)C(C)(C)N(C)C(C)C.CC(C)C(=O)OCc1cc(COC(=O)C(C)C)c(N(C)C(C)C)c(COC(=O)C(C)C)c1.CC(C)C(=O)OCc1ccc(N(C)C(C)C)cc1.CC(C)C(=O)OCc1cccc(COC(=O)C(C)C)c1N(C)C(C)C.CC(C)C(=O)OCc1ccccc1N(C)C(C)C.CC(C)N(C)CC(C(=O)N1CCN(C)CC1)N(C)C(=O)C(C)(C)C. The molecule has 0 N–H and O–H groups in total. The molecule has 27 nitrogen and oxygen atoms in total. The molecule has 0 radical (unpaired) electrons. The molecule has 0 spiro atoms. The van der Waals surface area contributed by atoms with Crippen LogP contribution in [0.5, 0.6) is 0 Å². The fourth-order valence-electron chi connectivity index (χ4n) is 12.9. The maximum absolute atomic E-state index is 13.1. The molecule has 1 saturated heterocycles. The molecule has 0 saturated carbocycles. The predicted molar refractivity (Wildman–Crippen MR) is 606 cm³/mol. The summed E-state index contributed by atoms with van der Waals surface area (Å²) in [6.07, 6.45) is 0. The average Bonchev–Trinajstić information content (AvgIpc) is 0.769. The molecule has 1 unspecified atom stereocenters. The van der Waals surface area contributed by atoms with E-state index < -0.39 is 11.5 Å². The first-order valence-electron chi connectivity index (χ1n) is 53.6. The van der Waals surface area contributed by atoms with Gasteiger partial charge in [0.05, 0.1) is 47.0 Å². The van der Waals surface area contributed by atoms with E-state index in [9.17, 15) is 47.9 Å². The van der Waals surface area contributed by atoms with Gasteiger partial charge in [0.25, 0.3) is 0 Å². The number of esters is 7. The van der Waals surface area contributed by atoms with Crippen LogP contribution in [0.2, 0.25) is 0 Å². The van der Waals surface area contributed by atoms with Gasteiger partial charge in [-0.3, -0.25) is 52.8 Å². The van der Waals surface area contributed by atoms with Crippen LogP contribution in [-0.4, -0.2) is 238 Å². The van der Waals surface area contributed by atoms with E-state index in [1.165, 1.54) is 5.69 Å². The van der Waals surface area contributed by atoms with Crippen LogP contribution >= 0.6 is 0 Å². The van der Waals surface area contributed by atoms with Crippen molar-refractivity contribution in [3.8, 4) is 0 Å². The minimum absolute atomic E-state index is 0.00661. The second-order valence-corrected chi connectivity index (χ2v) is 41.9. The van der Waals surface area contributed by atoms with Gasteiger partial charge < -0.3 is 77.3 Å². The number of ether oxygens (including phenoxy) is 7. The molecule has 1 atom stereocenters. The van der Waals surface area contributed by atoms with Crippen LogP contribution in [0.1, 0.15) is 351 Å². The predicted octanol–water partition coefficient (Wildman–Crippen LogP) is 24.1. The topological polar surface area (TPSA) is 268 Å². The van der Waals surface area contributed by atoms with Crippen LogP contribution in [-0.2, 0) is 127 Å². The summed E-state index contributed by atoms with van der Waals surface area (Å²) in [7, 11) is 17.9. The Morgan fingerprint density at radius 1 is 0.317 bits per heavy atom. The Morgan fingerprint density at radius 2 is 0.614 bits per heavy atom. The Kier molecular flexibility index (Phi) is 76.1. The van der Waals surface area contributed by atoms with Gasteiger partial charge >= 0.3 is 41.8 Å². The highest BCUT2D eigenvalue weighted by Crippen LogP contribution is 2.36. The molecule has 3 amide bonds. The highest BCUT2D eigenvalue weighted by atomic mass is 16.6. The smallest absolute Gasteiger partial charge is 0.308 e. The third kappa shape index (κ3) is 53.9. The van der Waals surface area contributed by atoms with Crippen molar-refractivity contribution in [1.82, 2.24) is 29.4 Å². The molecular weight excluding hydrogens is 1830 g/mol. The standard InChI is InChI=1S/C25H39NO6.C20H31NO4.C18H36N4O2.C15H32N2O.2C15H23NO2.5C2H6/c1-15(2)23(27)30-12-19-10-20(13-31-24(28)16(3)4)22(26(9)18(7)8)21(11-19)14-32-25(29)17(5)6;1-13(2)19(22)24-11-16-9-8-10-17(12-25-20(23)14(3)4)18(16)21(7)15(5)6;1-14(2)20(7)13-15(21(8)17(24)18(3,4)5)16(23)22-11-9-19(6)10-12-22;1-11(2)13(18)17(10)15(7,8)14(5,6)16(9)12(3)4;1-11(2)15(17)18-10-13-6-8-14(9-7-13)16(5)12(3)4;1-11(2)15(17)18-10-13-8-6-7-9-14(13)16(5)12(3)4;5*1-2/h10-11,15-18H,12-14H2,1-9H3;8-10,13-15H,11-12H2,1-7H3;14-15H,9-13H2,1-8H3;11-12H,1-10H3;2*6-9,11-12H,10H2,1-5H3;5*1-2H3. The molecule has 1 aliphatic heterocycles. The number of anilines is 4. The van der Waals surface area contributed by atoms with E-state index in [1.807, 2.05) is 279 Å². The van der Waals surface area contributed by atoms with Crippen molar-refractivity contribution in [2.45, 2.75) is 411 Å². The van der Waals surface area contributed by atoms with Crippen LogP contribution < -0.4 is 19.6 Å². The minimum Gasteiger partial charge on any atom is -0.461 e. The largest absolute Gasteiger partial charge is 0.461 e. The molecule has 838 valence electrons. The van der Waals surface area contributed by atoms with Crippen LogP contribution in [0.4, 0.5) is 22.7 Å². The minimum atomic E-state index is -0.494. The maximum Gasteiger partial charge on any atom is 0.308 e. The molecule has 4 aromatic rings. The number of amides is 3. The molecule has 5 rings (SSSR count). The van der Waals surface area contributed by atoms with Crippen molar-refractivity contribution < 1.29 is 81.1 Å². The summed E-state index contributed by atoms with van der Waals surface area (Å²) in [5, 5.41) is 0. The summed E-state index contributed by atoms with van der Waals surface area (Å²) in [5.74, 6) is -2.57. The molecule has 1 heterocycles. The van der Waals surface area contributed by atoms with E-state index in [4.69, 9.17) is 33.2 Å². The maximum atomic E-state index is 13.1. The quantitative estimate of drug-likeness (QED) is 0.0297. The molecule has 145 heavy (non-hydrogen) atoms. The van der Waals surface area contributed by atoms with Crippen LogP contribution in [0.3, 0.4) is 0 Å². The third-order valence-electron chi connectivity index (χ3n) is 24.6. The zero-order valence-electron chi connectivity index (χ0n) is 102. The molecular formula is C118H214N10O17. The number of rotatable bonds is 39. The van der Waals surface area contributed by atoms with Crippen molar-refractivity contribution in [2.24, 2.45) is 52.8 Å². The highest BCUT2D eigenvalue weighted by Gasteiger charge is 2.46. The zero-order valence-corrected chi connectivity index (χ0v) is 102. The molecule has 27 heteroatoms. The Hall–Kier alpha value is -9.34. The number of carbonyl (C=O) groups excluding carboxylic acids is 10. The van der Waals surface area contributed by atoms with Crippen molar-refractivity contribution in [1.29, 1.82) is 0 Å². The second-order valence-electron chi connectivity index (χ2n) is 41.9. The van der Waals surface area contributed by atoms with Gasteiger partial charge in [-0.2, -0.15) is 0 Å². The van der Waals surface area contributed by atoms with Gasteiger partial charge in [0.1, 0.15) is 52.3 Å². The first kappa shape index (κ1) is 146. The summed E-state index contributed by atoms with van der Waals surface area (Å²) >= 11 is 0. The van der Waals surface area contributed by atoms with Crippen LogP contribution in [0.25, 0.3) is 0 Å². The van der Waals surface area contributed by atoms with Gasteiger partial charge in [-0.05, 0) is 173 Å². The molecule has 1 fully saturated rings. The van der Waals surface area contributed by atoms with E-state index in [0.717, 1.165) is 82.2 Å². The van der Waals surface area contributed by atoms with Crippen molar-refractivity contribution in [3.05, 3.63) is 118 Å². The third-order valence-corrected chi connectivity index (χ3v) is 24.6. The number of para-hydroxylation sites is 2. The normalized spacial score (nSPS) is 12.0. The van der Waals surface area contributed by atoms with E-state index in [2.05, 4.69) is 171 Å².